The van der Waals surface area contributed by atoms with Crippen molar-refractivity contribution in [1.82, 2.24) is 10.2 Å². The molecule has 0 aliphatic carbocycles. The van der Waals surface area contributed by atoms with E-state index < -0.39 is 11.5 Å². The minimum absolute atomic E-state index is 0.104. The number of carbonyl (C=O) groups excluding carboxylic acids is 1. The molecule has 3 aromatic rings. The Morgan fingerprint density at radius 1 is 1.08 bits per heavy atom. The van der Waals surface area contributed by atoms with Gasteiger partial charge in [-0.15, -0.1) is 10.2 Å². The standard InChI is InChI=1S/C20H19N3O3/c1-2-3-13-23-16-12-8-7-11-15(16)20(25,19(23)24)18-22-21-17(26-18)14-9-5-4-6-10-14/h4-12,25H,2-3,13H2,1H3/t20-/m0/s1. The summed E-state index contributed by atoms with van der Waals surface area (Å²) in [4.78, 5) is 14.7. The highest BCUT2D eigenvalue weighted by Crippen LogP contribution is 2.44. The predicted octanol–water partition coefficient (Wildman–Crippen LogP) is 3.12. The number of aliphatic hydroxyl groups is 1. The molecule has 0 spiro atoms. The fourth-order valence-corrected chi connectivity index (χ4v) is 3.25. The molecule has 1 aromatic heterocycles. The van der Waals surface area contributed by atoms with Crippen LogP contribution in [0.5, 0.6) is 0 Å². The van der Waals surface area contributed by atoms with Gasteiger partial charge >= 0.3 is 0 Å². The van der Waals surface area contributed by atoms with Crippen LogP contribution in [-0.4, -0.2) is 27.8 Å². The van der Waals surface area contributed by atoms with Crippen molar-refractivity contribution >= 4 is 11.6 Å². The SMILES string of the molecule is CCCCN1C(=O)[C@@](O)(c2nnc(-c3ccccc3)o2)c2ccccc21. The topological polar surface area (TPSA) is 79.5 Å². The number of para-hydroxylation sites is 1. The second-order valence-electron chi connectivity index (χ2n) is 6.32. The fourth-order valence-electron chi connectivity index (χ4n) is 3.25. The van der Waals surface area contributed by atoms with Crippen molar-refractivity contribution in [1.29, 1.82) is 0 Å². The molecular formula is C20H19N3O3. The molecule has 0 fully saturated rings. The van der Waals surface area contributed by atoms with Crippen LogP contribution < -0.4 is 4.90 Å². The molecule has 2 aromatic carbocycles. The third-order valence-corrected chi connectivity index (χ3v) is 4.63. The zero-order valence-corrected chi connectivity index (χ0v) is 14.4. The summed E-state index contributed by atoms with van der Waals surface area (Å²) >= 11 is 0. The molecule has 6 heteroatoms. The molecule has 4 rings (SSSR count). The van der Waals surface area contributed by atoms with E-state index in [9.17, 15) is 9.90 Å². The van der Waals surface area contributed by atoms with E-state index in [-0.39, 0.29) is 11.8 Å². The molecule has 1 amide bonds. The van der Waals surface area contributed by atoms with Gasteiger partial charge in [-0.05, 0) is 24.6 Å². The molecule has 0 bridgehead atoms. The third-order valence-electron chi connectivity index (χ3n) is 4.63. The van der Waals surface area contributed by atoms with Crippen molar-refractivity contribution in [3.8, 4) is 11.5 Å². The van der Waals surface area contributed by atoms with Gasteiger partial charge in [0.25, 0.3) is 11.8 Å². The largest absolute Gasteiger partial charge is 0.417 e. The van der Waals surface area contributed by atoms with Crippen LogP contribution in [0.4, 0.5) is 5.69 Å². The van der Waals surface area contributed by atoms with Gasteiger partial charge in [-0.3, -0.25) is 4.79 Å². The van der Waals surface area contributed by atoms with E-state index in [2.05, 4.69) is 17.1 Å². The van der Waals surface area contributed by atoms with Gasteiger partial charge in [0.05, 0.1) is 5.69 Å². The maximum absolute atomic E-state index is 13.1. The molecule has 1 aliphatic rings. The molecule has 0 saturated carbocycles. The van der Waals surface area contributed by atoms with E-state index in [1.54, 1.807) is 17.0 Å². The number of anilines is 1. The normalized spacial score (nSPS) is 19.0. The first-order valence-corrected chi connectivity index (χ1v) is 8.69. The maximum Gasteiger partial charge on any atom is 0.273 e. The number of rotatable bonds is 5. The van der Waals surface area contributed by atoms with Crippen LogP contribution in [0.25, 0.3) is 11.5 Å². The molecule has 1 atom stereocenters. The second-order valence-corrected chi connectivity index (χ2v) is 6.32. The summed E-state index contributed by atoms with van der Waals surface area (Å²) in [7, 11) is 0. The summed E-state index contributed by atoms with van der Waals surface area (Å²) in [6.45, 7) is 2.59. The van der Waals surface area contributed by atoms with E-state index in [0.29, 0.717) is 17.8 Å². The van der Waals surface area contributed by atoms with E-state index >= 15 is 0 Å². The first kappa shape index (κ1) is 16.5. The molecule has 1 aliphatic heterocycles. The van der Waals surface area contributed by atoms with Crippen molar-refractivity contribution in [2.24, 2.45) is 0 Å². The van der Waals surface area contributed by atoms with Crippen LogP contribution in [0.15, 0.2) is 59.0 Å². The Morgan fingerprint density at radius 3 is 2.58 bits per heavy atom. The van der Waals surface area contributed by atoms with E-state index in [1.165, 1.54) is 0 Å². The Balaban J connectivity index is 1.78. The first-order chi connectivity index (χ1) is 12.7. The highest BCUT2D eigenvalue weighted by Gasteiger charge is 2.54. The van der Waals surface area contributed by atoms with Gasteiger partial charge < -0.3 is 14.4 Å². The number of fused-ring (bicyclic) bond motifs is 1. The van der Waals surface area contributed by atoms with Crippen LogP contribution in [0.3, 0.4) is 0 Å². The summed E-state index contributed by atoms with van der Waals surface area (Å²) < 4.78 is 5.72. The maximum atomic E-state index is 13.1. The lowest BCUT2D eigenvalue weighted by Gasteiger charge is -2.20. The van der Waals surface area contributed by atoms with Gasteiger partial charge in [-0.1, -0.05) is 49.7 Å². The summed E-state index contributed by atoms with van der Waals surface area (Å²) in [6, 6.07) is 16.5. The average Bonchev–Trinajstić information content (AvgIpc) is 3.26. The number of benzene rings is 2. The lowest BCUT2D eigenvalue weighted by Crippen LogP contribution is -2.41. The van der Waals surface area contributed by atoms with Crippen molar-refractivity contribution in [3.05, 3.63) is 66.1 Å². The van der Waals surface area contributed by atoms with E-state index in [0.717, 1.165) is 18.4 Å². The Bertz CT molecular complexity index is 938. The number of amides is 1. The Kier molecular flexibility index (Phi) is 4.05. The van der Waals surface area contributed by atoms with Crippen molar-refractivity contribution in [3.63, 3.8) is 0 Å². The van der Waals surface area contributed by atoms with Crippen molar-refractivity contribution in [2.45, 2.75) is 25.4 Å². The number of nitrogens with zero attached hydrogens (tertiary/aromatic N) is 3. The molecule has 0 radical (unpaired) electrons. The summed E-state index contributed by atoms with van der Waals surface area (Å²) in [5.41, 5.74) is -0.0571. The Labute approximate surface area is 151 Å². The Morgan fingerprint density at radius 2 is 1.81 bits per heavy atom. The van der Waals surface area contributed by atoms with E-state index in [1.807, 2.05) is 42.5 Å². The second kappa shape index (κ2) is 6.38. The monoisotopic (exact) mass is 349 g/mol. The lowest BCUT2D eigenvalue weighted by molar-refractivity contribution is -0.133. The summed E-state index contributed by atoms with van der Waals surface area (Å²) in [5.74, 6) is -0.283. The molecule has 0 saturated heterocycles. The van der Waals surface area contributed by atoms with E-state index in [4.69, 9.17) is 4.42 Å². The highest BCUT2D eigenvalue weighted by molar-refractivity contribution is 6.08. The van der Waals surface area contributed by atoms with Gasteiger partial charge in [-0.25, -0.2) is 0 Å². The minimum atomic E-state index is -1.95. The van der Waals surface area contributed by atoms with Crippen LogP contribution in [0.1, 0.15) is 31.2 Å². The van der Waals surface area contributed by atoms with Gasteiger partial charge in [-0.2, -0.15) is 0 Å². The quantitative estimate of drug-likeness (QED) is 0.765. The van der Waals surface area contributed by atoms with Crippen LogP contribution >= 0.6 is 0 Å². The van der Waals surface area contributed by atoms with Gasteiger partial charge in [0.1, 0.15) is 0 Å². The van der Waals surface area contributed by atoms with Crippen molar-refractivity contribution in [2.75, 3.05) is 11.4 Å². The summed E-state index contributed by atoms with van der Waals surface area (Å²) in [5, 5.41) is 19.3. The molecule has 0 unspecified atom stereocenters. The van der Waals surface area contributed by atoms with Crippen LogP contribution in [-0.2, 0) is 10.4 Å². The fraction of sp³-hybridized carbons (Fsp3) is 0.250. The molecule has 6 nitrogen and oxygen atoms in total. The van der Waals surface area contributed by atoms with Crippen LogP contribution in [0.2, 0.25) is 0 Å². The number of hydrogen-bond acceptors (Lipinski definition) is 5. The highest BCUT2D eigenvalue weighted by atomic mass is 16.4. The molecule has 26 heavy (non-hydrogen) atoms. The Hall–Kier alpha value is -2.99. The first-order valence-electron chi connectivity index (χ1n) is 8.69. The zero-order valence-electron chi connectivity index (χ0n) is 14.4. The lowest BCUT2D eigenvalue weighted by atomic mass is 9.95. The predicted molar refractivity (Wildman–Crippen MR) is 96.4 cm³/mol. The van der Waals surface area contributed by atoms with Crippen LogP contribution in [0, 0.1) is 0 Å². The average molecular weight is 349 g/mol. The summed E-state index contributed by atoms with van der Waals surface area (Å²) in [6.07, 6.45) is 1.79. The molecule has 132 valence electrons. The van der Waals surface area contributed by atoms with Crippen molar-refractivity contribution < 1.29 is 14.3 Å². The number of aromatic nitrogens is 2. The molecular weight excluding hydrogens is 330 g/mol. The number of carbonyl (C=O) groups is 1. The minimum Gasteiger partial charge on any atom is -0.417 e. The zero-order chi connectivity index (χ0) is 18.1. The third kappa shape index (κ3) is 2.42. The van der Waals surface area contributed by atoms with Gasteiger partial charge in [0.15, 0.2) is 0 Å². The van der Waals surface area contributed by atoms with Gasteiger partial charge in [0.2, 0.25) is 11.5 Å². The smallest absolute Gasteiger partial charge is 0.273 e. The van der Waals surface area contributed by atoms with Gasteiger partial charge in [0, 0.05) is 17.7 Å². The molecule has 1 N–H and O–H groups in total. The number of unbranched alkanes of at least 4 members (excludes halogenated alkanes) is 1. The molecule has 2 heterocycles. The number of hydrogen-bond donors (Lipinski definition) is 1.